The molecule has 2 aliphatic carbocycles. The highest BCUT2D eigenvalue weighted by molar-refractivity contribution is 5.79. The number of hydrogen-bond acceptors (Lipinski definition) is 3. The third-order valence-corrected chi connectivity index (χ3v) is 4.98. The molecule has 0 radical (unpaired) electrons. The van der Waals surface area contributed by atoms with E-state index in [1.54, 1.807) is 0 Å². The van der Waals surface area contributed by atoms with Gasteiger partial charge >= 0.3 is 0 Å². The standard InChI is InChI=1S/C20H31N3O2/c1-2-21-19(22-12-5-13-25-14-16-8-9-16)23-15-20(24)11-10-17-6-3-4-7-18(17)20/h3-4,6-7,16,24H,2,5,8-15H2,1H3,(H2,21,22,23). The normalized spacial score (nSPS) is 22.7. The zero-order chi connectivity index (χ0) is 17.5. The molecular weight excluding hydrogens is 314 g/mol. The smallest absolute Gasteiger partial charge is 0.191 e. The van der Waals surface area contributed by atoms with E-state index in [2.05, 4.69) is 28.6 Å². The lowest BCUT2D eigenvalue weighted by Crippen LogP contribution is -2.39. The van der Waals surface area contributed by atoms with Crippen LogP contribution in [0.2, 0.25) is 0 Å². The van der Waals surface area contributed by atoms with Crippen LogP contribution in [0.25, 0.3) is 0 Å². The van der Waals surface area contributed by atoms with Crippen molar-refractivity contribution < 1.29 is 9.84 Å². The summed E-state index contributed by atoms with van der Waals surface area (Å²) in [5, 5.41) is 17.6. The van der Waals surface area contributed by atoms with Gasteiger partial charge in [0, 0.05) is 26.3 Å². The van der Waals surface area contributed by atoms with Crippen molar-refractivity contribution in [1.82, 2.24) is 10.6 Å². The predicted octanol–water partition coefficient (Wildman–Crippen LogP) is 2.19. The van der Waals surface area contributed by atoms with Crippen LogP contribution in [-0.4, -0.2) is 43.9 Å². The molecule has 1 saturated carbocycles. The second kappa shape index (κ2) is 8.68. The minimum atomic E-state index is -0.841. The fourth-order valence-electron chi connectivity index (χ4n) is 3.30. The van der Waals surface area contributed by atoms with Crippen molar-refractivity contribution in [3.05, 3.63) is 35.4 Å². The Labute approximate surface area is 150 Å². The van der Waals surface area contributed by atoms with Gasteiger partial charge in [-0.1, -0.05) is 24.3 Å². The maximum atomic E-state index is 11.0. The van der Waals surface area contributed by atoms with Crippen LogP contribution < -0.4 is 10.6 Å². The van der Waals surface area contributed by atoms with E-state index in [4.69, 9.17) is 4.74 Å². The lowest BCUT2D eigenvalue weighted by molar-refractivity contribution is 0.0485. The number of nitrogens with zero attached hydrogens (tertiary/aromatic N) is 1. The Hall–Kier alpha value is -1.59. The highest BCUT2D eigenvalue weighted by Crippen LogP contribution is 2.36. The molecule has 0 aliphatic heterocycles. The van der Waals surface area contributed by atoms with E-state index in [1.165, 1.54) is 18.4 Å². The molecule has 1 atom stereocenters. The summed E-state index contributed by atoms with van der Waals surface area (Å²) >= 11 is 0. The second-order valence-electron chi connectivity index (χ2n) is 7.18. The zero-order valence-corrected chi connectivity index (χ0v) is 15.3. The molecule has 0 amide bonds. The number of aliphatic hydroxyl groups is 1. The summed E-state index contributed by atoms with van der Waals surface area (Å²) < 4.78 is 5.66. The van der Waals surface area contributed by atoms with E-state index in [9.17, 15) is 5.11 Å². The quantitative estimate of drug-likeness (QED) is 0.365. The molecule has 25 heavy (non-hydrogen) atoms. The van der Waals surface area contributed by atoms with E-state index >= 15 is 0 Å². The molecule has 0 saturated heterocycles. The highest BCUT2D eigenvalue weighted by Gasteiger charge is 2.36. The first-order valence-electron chi connectivity index (χ1n) is 9.62. The summed E-state index contributed by atoms with van der Waals surface area (Å²) in [4.78, 5) is 4.63. The van der Waals surface area contributed by atoms with Gasteiger partial charge in [0.15, 0.2) is 5.96 Å². The Bertz CT molecular complexity index is 586. The van der Waals surface area contributed by atoms with E-state index in [0.717, 1.165) is 63.0 Å². The third kappa shape index (κ3) is 5.19. The lowest BCUT2D eigenvalue weighted by atomic mass is 9.96. The van der Waals surface area contributed by atoms with Crippen LogP contribution in [0, 0.1) is 5.92 Å². The van der Waals surface area contributed by atoms with Crippen molar-refractivity contribution in [2.75, 3.05) is 32.8 Å². The van der Waals surface area contributed by atoms with Crippen LogP contribution in [0.3, 0.4) is 0 Å². The van der Waals surface area contributed by atoms with Gasteiger partial charge in [-0.15, -0.1) is 0 Å². The minimum Gasteiger partial charge on any atom is -0.383 e. The maximum absolute atomic E-state index is 11.0. The molecule has 1 fully saturated rings. The molecule has 0 aromatic heterocycles. The van der Waals surface area contributed by atoms with Crippen LogP contribution >= 0.6 is 0 Å². The fraction of sp³-hybridized carbons (Fsp3) is 0.650. The monoisotopic (exact) mass is 345 g/mol. The Morgan fingerprint density at radius 2 is 2.16 bits per heavy atom. The van der Waals surface area contributed by atoms with Crippen molar-refractivity contribution in [3.8, 4) is 0 Å². The van der Waals surface area contributed by atoms with Gasteiger partial charge in [-0.2, -0.15) is 0 Å². The van der Waals surface area contributed by atoms with Crippen molar-refractivity contribution in [2.24, 2.45) is 10.9 Å². The first kappa shape index (κ1) is 18.2. The number of ether oxygens (including phenoxy) is 1. The van der Waals surface area contributed by atoms with Gasteiger partial charge in [0.1, 0.15) is 5.60 Å². The lowest BCUT2D eigenvalue weighted by Gasteiger charge is -2.22. The molecule has 0 heterocycles. The summed E-state index contributed by atoms with van der Waals surface area (Å²) in [7, 11) is 0. The molecular formula is C20H31N3O2. The number of guanidine groups is 1. The number of nitrogens with one attached hydrogen (secondary N) is 2. The molecule has 5 heteroatoms. The zero-order valence-electron chi connectivity index (χ0n) is 15.3. The predicted molar refractivity (Wildman–Crippen MR) is 101 cm³/mol. The number of aliphatic imine (C=N–C) groups is 1. The summed E-state index contributed by atoms with van der Waals surface area (Å²) in [6, 6.07) is 8.15. The molecule has 1 unspecified atom stereocenters. The Morgan fingerprint density at radius 1 is 1.32 bits per heavy atom. The molecule has 3 N–H and O–H groups in total. The summed E-state index contributed by atoms with van der Waals surface area (Å²) in [6.45, 7) is 5.78. The van der Waals surface area contributed by atoms with Gasteiger partial charge in [-0.05, 0) is 56.1 Å². The summed E-state index contributed by atoms with van der Waals surface area (Å²) in [6.07, 6.45) is 5.29. The number of aryl methyl sites for hydroxylation is 1. The molecule has 2 aliphatic rings. The van der Waals surface area contributed by atoms with Crippen molar-refractivity contribution >= 4 is 5.96 Å². The highest BCUT2D eigenvalue weighted by atomic mass is 16.5. The minimum absolute atomic E-state index is 0.386. The van der Waals surface area contributed by atoms with E-state index in [0.29, 0.717) is 6.54 Å². The number of benzene rings is 1. The van der Waals surface area contributed by atoms with Gasteiger partial charge < -0.3 is 20.5 Å². The van der Waals surface area contributed by atoms with Crippen LogP contribution in [0.15, 0.2) is 29.3 Å². The summed E-state index contributed by atoms with van der Waals surface area (Å²) in [5.41, 5.74) is 1.43. The van der Waals surface area contributed by atoms with Crippen molar-refractivity contribution in [1.29, 1.82) is 0 Å². The molecule has 1 aromatic rings. The number of fused-ring (bicyclic) bond motifs is 1. The Morgan fingerprint density at radius 3 is 2.96 bits per heavy atom. The number of hydrogen-bond donors (Lipinski definition) is 3. The molecule has 3 rings (SSSR count). The van der Waals surface area contributed by atoms with Crippen LogP contribution in [-0.2, 0) is 16.8 Å². The first-order valence-corrected chi connectivity index (χ1v) is 9.62. The van der Waals surface area contributed by atoms with Crippen LogP contribution in [0.5, 0.6) is 0 Å². The van der Waals surface area contributed by atoms with Gasteiger partial charge in [0.2, 0.25) is 0 Å². The second-order valence-corrected chi connectivity index (χ2v) is 7.18. The van der Waals surface area contributed by atoms with E-state index in [-0.39, 0.29) is 0 Å². The van der Waals surface area contributed by atoms with Crippen LogP contribution in [0.4, 0.5) is 0 Å². The van der Waals surface area contributed by atoms with Gasteiger partial charge in [0.05, 0.1) is 6.54 Å². The van der Waals surface area contributed by atoms with Gasteiger partial charge in [-0.25, -0.2) is 4.99 Å². The van der Waals surface area contributed by atoms with Crippen molar-refractivity contribution in [2.45, 2.75) is 44.6 Å². The Balaban J connectivity index is 1.46. The molecule has 5 nitrogen and oxygen atoms in total. The molecule has 0 spiro atoms. The average Bonchev–Trinajstić information content (AvgIpc) is 3.39. The van der Waals surface area contributed by atoms with E-state index < -0.39 is 5.60 Å². The molecule has 1 aromatic carbocycles. The largest absolute Gasteiger partial charge is 0.383 e. The SMILES string of the molecule is CCNC(=NCC1(O)CCc2ccccc21)NCCCOCC1CC1. The van der Waals surface area contributed by atoms with Crippen molar-refractivity contribution in [3.63, 3.8) is 0 Å². The van der Waals surface area contributed by atoms with Gasteiger partial charge in [0.25, 0.3) is 0 Å². The fourth-order valence-corrected chi connectivity index (χ4v) is 3.30. The number of rotatable bonds is 9. The summed E-state index contributed by atoms with van der Waals surface area (Å²) in [5.74, 6) is 1.59. The Kier molecular flexibility index (Phi) is 6.32. The molecule has 138 valence electrons. The molecule has 0 bridgehead atoms. The topological polar surface area (TPSA) is 65.9 Å². The van der Waals surface area contributed by atoms with E-state index in [1.807, 2.05) is 18.2 Å². The van der Waals surface area contributed by atoms with Crippen LogP contribution in [0.1, 0.15) is 43.7 Å². The van der Waals surface area contributed by atoms with Gasteiger partial charge in [-0.3, -0.25) is 0 Å². The maximum Gasteiger partial charge on any atom is 0.191 e. The third-order valence-electron chi connectivity index (χ3n) is 4.98. The first-order chi connectivity index (χ1) is 12.2. The average molecular weight is 345 g/mol.